The van der Waals surface area contributed by atoms with Crippen LogP contribution in [0.5, 0.6) is 5.88 Å². The van der Waals surface area contributed by atoms with E-state index in [1.807, 2.05) is 30.7 Å². The Bertz CT molecular complexity index is 1250. The van der Waals surface area contributed by atoms with Crippen LogP contribution in [0.15, 0.2) is 41.4 Å². The fraction of sp³-hybridized carbons (Fsp3) is 0.318. The first-order chi connectivity index (χ1) is 15.5. The maximum Gasteiger partial charge on any atom is 0.307 e. The normalized spacial score (nSPS) is 11.3. The number of ether oxygens (including phenoxy) is 2. The van der Waals surface area contributed by atoms with Gasteiger partial charge in [0.15, 0.2) is 0 Å². The van der Waals surface area contributed by atoms with Crippen molar-refractivity contribution in [1.29, 1.82) is 0 Å². The van der Waals surface area contributed by atoms with E-state index in [2.05, 4.69) is 20.1 Å². The summed E-state index contributed by atoms with van der Waals surface area (Å²) in [5, 5.41) is 5.37. The Morgan fingerprint density at radius 2 is 2.12 bits per heavy atom. The van der Waals surface area contributed by atoms with Gasteiger partial charge in [-0.2, -0.15) is 4.98 Å². The zero-order chi connectivity index (χ0) is 22.7. The highest BCUT2D eigenvalue weighted by Crippen LogP contribution is 2.31. The van der Waals surface area contributed by atoms with Crippen molar-refractivity contribution < 1.29 is 18.8 Å². The number of halogens is 1. The molecule has 0 aromatic carbocycles. The number of esters is 1. The first kappa shape index (κ1) is 21.8. The van der Waals surface area contributed by atoms with Crippen molar-refractivity contribution in [3.8, 4) is 28.7 Å². The highest BCUT2D eigenvalue weighted by Gasteiger charge is 2.17. The number of rotatable bonds is 8. The monoisotopic (exact) mass is 455 g/mol. The summed E-state index contributed by atoms with van der Waals surface area (Å²) in [6.45, 7) is 6.44. The zero-order valence-corrected chi connectivity index (χ0v) is 18.7. The summed E-state index contributed by atoms with van der Waals surface area (Å²) in [4.78, 5) is 24.7. The highest BCUT2D eigenvalue weighted by atomic mass is 35.5. The highest BCUT2D eigenvalue weighted by molar-refractivity contribution is 6.32. The van der Waals surface area contributed by atoms with Gasteiger partial charge in [-0.25, -0.2) is 4.98 Å². The van der Waals surface area contributed by atoms with Gasteiger partial charge in [0.2, 0.25) is 11.7 Å². The Morgan fingerprint density at radius 1 is 1.28 bits per heavy atom. The van der Waals surface area contributed by atoms with Crippen LogP contribution in [0.1, 0.15) is 27.2 Å². The molecule has 0 fully saturated rings. The lowest BCUT2D eigenvalue weighted by atomic mass is 10.2. The Hall–Kier alpha value is -3.46. The van der Waals surface area contributed by atoms with Crippen molar-refractivity contribution in [3.05, 3.63) is 41.9 Å². The lowest BCUT2D eigenvalue weighted by molar-refractivity contribution is -0.143. The third-order valence-electron chi connectivity index (χ3n) is 4.63. The molecule has 0 saturated heterocycles. The molecule has 0 spiro atoms. The quantitative estimate of drug-likeness (QED) is 0.356. The molecule has 166 valence electrons. The molecule has 4 rings (SSSR count). The number of aryl methyl sites for hydroxylation is 1. The first-order valence-corrected chi connectivity index (χ1v) is 10.6. The van der Waals surface area contributed by atoms with E-state index in [4.69, 9.17) is 25.6 Å². The molecule has 4 heterocycles. The van der Waals surface area contributed by atoms with Gasteiger partial charge in [-0.05, 0) is 32.9 Å². The number of carbonyl (C=O) groups excluding carboxylic acids is 1. The molecule has 0 atom stereocenters. The van der Waals surface area contributed by atoms with E-state index < -0.39 is 0 Å². The number of aromatic nitrogens is 5. The number of hydrogen-bond donors (Lipinski definition) is 0. The molecule has 9 nitrogen and oxygen atoms in total. The fourth-order valence-corrected chi connectivity index (χ4v) is 3.44. The number of carbonyl (C=O) groups is 1. The Labute approximate surface area is 189 Å². The molecule has 0 aliphatic heterocycles. The molecule has 0 saturated carbocycles. The minimum Gasteiger partial charge on any atom is -0.474 e. The predicted octanol–water partition coefficient (Wildman–Crippen LogP) is 4.54. The maximum absolute atomic E-state index is 11.7. The first-order valence-electron chi connectivity index (χ1n) is 10.2. The van der Waals surface area contributed by atoms with Gasteiger partial charge >= 0.3 is 5.97 Å². The van der Waals surface area contributed by atoms with Crippen molar-refractivity contribution in [1.82, 2.24) is 24.7 Å². The van der Waals surface area contributed by atoms with Crippen molar-refractivity contribution in [2.24, 2.45) is 0 Å². The van der Waals surface area contributed by atoms with Gasteiger partial charge in [-0.1, -0.05) is 16.8 Å². The summed E-state index contributed by atoms with van der Waals surface area (Å²) in [6.07, 6.45) is 7.12. The summed E-state index contributed by atoms with van der Waals surface area (Å²) >= 11 is 6.28. The van der Waals surface area contributed by atoms with Gasteiger partial charge in [-0.3, -0.25) is 9.78 Å². The molecule has 0 N–H and O–H groups in total. The average Bonchev–Trinajstić information content (AvgIpc) is 3.41. The summed E-state index contributed by atoms with van der Waals surface area (Å²) in [7, 11) is 0. The lowest BCUT2D eigenvalue weighted by Gasteiger charge is -2.09. The summed E-state index contributed by atoms with van der Waals surface area (Å²) in [5.74, 6) is 0.783. The molecule has 10 heteroatoms. The van der Waals surface area contributed by atoms with Crippen LogP contribution in [-0.4, -0.2) is 43.4 Å². The summed E-state index contributed by atoms with van der Waals surface area (Å²) in [5.41, 5.74) is 2.15. The molecule has 0 amide bonds. The molecule has 0 radical (unpaired) electrons. The van der Waals surface area contributed by atoms with Crippen molar-refractivity contribution in [3.63, 3.8) is 0 Å². The minimum absolute atomic E-state index is 0.0431. The van der Waals surface area contributed by atoms with E-state index in [9.17, 15) is 4.79 Å². The standard InChI is InChI=1S/C22H22ClN5O4/c1-4-30-19(29)6-8-28-7-5-15-16(11-24-12-18(15)28)20-26-21(32-27-20)14-9-17(23)22(25-10-14)31-13(2)3/h5,7,9-13H,4,6,8H2,1-3H3. The van der Waals surface area contributed by atoms with Crippen LogP contribution in [0.2, 0.25) is 5.02 Å². The van der Waals surface area contributed by atoms with E-state index in [0.29, 0.717) is 41.0 Å². The van der Waals surface area contributed by atoms with Crippen LogP contribution in [0.3, 0.4) is 0 Å². The Balaban J connectivity index is 1.60. The lowest BCUT2D eigenvalue weighted by Crippen LogP contribution is -2.08. The Morgan fingerprint density at radius 3 is 2.88 bits per heavy atom. The van der Waals surface area contributed by atoms with Gasteiger partial charge in [0.05, 0.1) is 42.0 Å². The SMILES string of the molecule is CCOC(=O)CCn1ccc2c(-c3noc(-c4cnc(OC(C)C)c(Cl)c4)n3)cncc21. The van der Waals surface area contributed by atoms with Gasteiger partial charge in [0, 0.05) is 30.5 Å². The van der Waals surface area contributed by atoms with Crippen LogP contribution >= 0.6 is 11.6 Å². The summed E-state index contributed by atoms with van der Waals surface area (Å²) < 4.78 is 18.0. The van der Waals surface area contributed by atoms with E-state index >= 15 is 0 Å². The second-order valence-electron chi connectivity index (χ2n) is 7.28. The van der Waals surface area contributed by atoms with Crippen molar-refractivity contribution >= 4 is 28.5 Å². The van der Waals surface area contributed by atoms with E-state index in [1.165, 1.54) is 0 Å². The third-order valence-corrected chi connectivity index (χ3v) is 4.90. The van der Waals surface area contributed by atoms with Crippen LogP contribution in [-0.2, 0) is 16.1 Å². The van der Waals surface area contributed by atoms with Gasteiger partial charge < -0.3 is 18.6 Å². The van der Waals surface area contributed by atoms with E-state index in [0.717, 1.165) is 10.9 Å². The minimum atomic E-state index is -0.238. The number of nitrogens with zero attached hydrogens (tertiary/aromatic N) is 5. The number of hydrogen-bond acceptors (Lipinski definition) is 8. The zero-order valence-electron chi connectivity index (χ0n) is 17.9. The third kappa shape index (κ3) is 4.57. The largest absolute Gasteiger partial charge is 0.474 e. The van der Waals surface area contributed by atoms with Gasteiger partial charge in [-0.15, -0.1) is 0 Å². The van der Waals surface area contributed by atoms with Crippen LogP contribution in [0, 0.1) is 0 Å². The molecule has 4 aromatic heterocycles. The molecule has 0 bridgehead atoms. The molecule has 32 heavy (non-hydrogen) atoms. The second kappa shape index (κ2) is 9.35. The molecule has 0 aliphatic carbocycles. The van der Waals surface area contributed by atoms with Gasteiger partial charge in [0.25, 0.3) is 5.89 Å². The van der Waals surface area contributed by atoms with Crippen LogP contribution in [0.25, 0.3) is 33.7 Å². The molecule has 4 aromatic rings. The predicted molar refractivity (Wildman–Crippen MR) is 118 cm³/mol. The molecular formula is C22H22ClN5O4. The Kier molecular flexibility index (Phi) is 6.36. The topological polar surface area (TPSA) is 105 Å². The van der Waals surface area contributed by atoms with Crippen LogP contribution in [0.4, 0.5) is 0 Å². The van der Waals surface area contributed by atoms with E-state index in [1.54, 1.807) is 31.6 Å². The average molecular weight is 456 g/mol. The van der Waals surface area contributed by atoms with Gasteiger partial charge in [0.1, 0.15) is 5.02 Å². The van der Waals surface area contributed by atoms with Crippen LogP contribution < -0.4 is 4.74 Å². The van der Waals surface area contributed by atoms with E-state index in [-0.39, 0.29) is 24.4 Å². The maximum atomic E-state index is 11.7. The fourth-order valence-electron chi connectivity index (χ4n) is 3.23. The second-order valence-corrected chi connectivity index (χ2v) is 7.69. The van der Waals surface area contributed by atoms with Crippen molar-refractivity contribution in [2.75, 3.05) is 6.61 Å². The molecule has 0 unspecified atom stereocenters. The molecular weight excluding hydrogens is 434 g/mol. The summed E-state index contributed by atoms with van der Waals surface area (Å²) in [6, 6.07) is 3.61. The smallest absolute Gasteiger partial charge is 0.307 e. The van der Waals surface area contributed by atoms with Crippen molar-refractivity contribution in [2.45, 2.75) is 39.8 Å². The number of pyridine rings is 2. The number of fused-ring (bicyclic) bond motifs is 1. The molecule has 0 aliphatic rings.